The predicted molar refractivity (Wildman–Crippen MR) is 126 cm³/mol. The molecule has 160 valence electrons. The van der Waals surface area contributed by atoms with Crippen molar-refractivity contribution in [3.05, 3.63) is 64.9 Å². The molecule has 1 aliphatic heterocycles. The normalized spacial score (nSPS) is 16.3. The molecule has 2 aromatic carbocycles. The van der Waals surface area contributed by atoms with Crippen LogP contribution in [0.2, 0.25) is 10.0 Å². The number of nitrogens with zero attached hydrogens (tertiary/aromatic N) is 5. The topological polar surface area (TPSA) is 57.4 Å². The van der Waals surface area contributed by atoms with Crippen LogP contribution in [0.5, 0.6) is 0 Å². The minimum Gasteiger partial charge on any atom is -0.390 e. The highest BCUT2D eigenvalue weighted by molar-refractivity contribution is 6.33. The molecule has 0 spiro atoms. The number of aliphatic hydroxyl groups is 1. The Balaban J connectivity index is 1.31. The third kappa shape index (κ3) is 4.21. The van der Waals surface area contributed by atoms with Crippen molar-refractivity contribution in [1.82, 2.24) is 19.4 Å². The van der Waals surface area contributed by atoms with Gasteiger partial charge in [-0.3, -0.25) is 4.90 Å². The van der Waals surface area contributed by atoms with Gasteiger partial charge in [0.25, 0.3) is 0 Å². The lowest BCUT2D eigenvalue weighted by atomic mass is 10.1. The van der Waals surface area contributed by atoms with E-state index in [2.05, 4.69) is 24.3 Å². The summed E-state index contributed by atoms with van der Waals surface area (Å²) in [7, 11) is 0. The number of β-amino-alcohol motifs (C(OH)–C–C–N with tert-alkyl or cyclic N) is 1. The predicted octanol–water partition coefficient (Wildman–Crippen LogP) is 4.07. The monoisotopic (exact) mass is 455 g/mol. The Morgan fingerprint density at radius 2 is 1.42 bits per heavy atom. The van der Waals surface area contributed by atoms with Crippen LogP contribution in [0.4, 0.5) is 5.95 Å². The van der Waals surface area contributed by atoms with Gasteiger partial charge in [-0.2, -0.15) is 0 Å². The maximum absolute atomic E-state index is 10.9. The first-order valence-corrected chi connectivity index (χ1v) is 11.1. The van der Waals surface area contributed by atoms with E-state index in [1.807, 2.05) is 42.5 Å². The average Bonchev–Trinajstić information content (AvgIpc) is 3.07. The Bertz CT molecular complexity index is 1150. The van der Waals surface area contributed by atoms with Gasteiger partial charge in [-0.05, 0) is 42.5 Å². The van der Waals surface area contributed by atoms with E-state index >= 15 is 0 Å². The Hall–Kier alpha value is -2.38. The molecule has 1 saturated heterocycles. The van der Waals surface area contributed by atoms with E-state index < -0.39 is 6.10 Å². The summed E-state index contributed by atoms with van der Waals surface area (Å²) in [5.41, 5.74) is 2.10. The highest BCUT2D eigenvalue weighted by atomic mass is 35.5. The molecule has 5 rings (SSSR count). The van der Waals surface area contributed by atoms with Gasteiger partial charge in [0, 0.05) is 77.0 Å². The average molecular weight is 456 g/mol. The SMILES string of the molecule is OC(CN1CCN(c2ncccn2)CC1)Cn1c2ccc(Cl)cc2c2cc(Cl)ccc21. The summed E-state index contributed by atoms with van der Waals surface area (Å²) < 4.78 is 2.16. The first-order chi connectivity index (χ1) is 15.1. The van der Waals surface area contributed by atoms with Crippen LogP contribution in [0.1, 0.15) is 0 Å². The summed E-state index contributed by atoms with van der Waals surface area (Å²) in [6, 6.07) is 13.5. The zero-order valence-corrected chi connectivity index (χ0v) is 18.5. The van der Waals surface area contributed by atoms with Crippen molar-refractivity contribution in [2.24, 2.45) is 0 Å². The molecule has 2 aromatic heterocycles. The number of anilines is 1. The number of aliphatic hydroxyl groups excluding tert-OH is 1. The number of benzene rings is 2. The van der Waals surface area contributed by atoms with Crippen LogP contribution >= 0.6 is 23.2 Å². The van der Waals surface area contributed by atoms with Gasteiger partial charge >= 0.3 is 0 Å². The van der Waals surface area contributed by atoms with E-state index in [4.69, 9.17) is 23.2 Å². The van der Waals surface area contributed by atoms with Gasteiger partial charge < -0.3 is 14.6 Å². The fraction of sp³-hybridized carbons (Fsp3) is 0.304. The van der Waals surface area contributed by atoms with Gasteiger partial charge in [0.1, 0.15) is 0 Å². The maximum Gasteiger partial charge on any atom is 0.225 e. The number of hydrogen-bond acceptors (Lipinski definition) is 5. The smallest absolute Gasteiger partial charge is 0.225 e. The Labute approximate surface area is 190 Å². The second kappa shape index (κ2) is 8.63. The number of fused-ring (bicyclic) bond motifs is 3. The van der Waals surface area contributed by atoms with Crippen LogP contribution in [-0.2, 0) is 6.54 Å². The van der Waals surface area contributed by atoms with E-state index in [1.54, 1.807) is 12.4 Å². The Morgan fingerprint density at radius 1 is 0.839 bits per heavy atom. The second-order valence-corrected chi connectivity index (χ2v) is 8.80. The molecule has 0 bridgehead atoms. The molecule has 8 heteroatoms. The van der Waals surface area contributed by atoms with Crippen LogP contribution in [0.3, 0.4) is 0 Å². The molecular formula is C23H23Cl2N5O. The maximum atomic E-state index is 10.9. The van der Waals surface area contributed by atoms with Crippen LogP contribution in [0.15, 0.2) is 54.9 Å². The summed E-state index contributed by atoms with van der Waals surface area (Å²) >= 11 is 12.5. The summed E-state index contributed by atoms with van der Waals surface area (Å²) in [5, 5.41) is 14.4. The second-order valence-electron chi connectivity index (χ2n) is 7.92. The molecule has 6 nitrogen and oxygen atoms in total. The zero-order chi connectivity index (χ0) is 21.4. The van der Waals surface area contributed by atoms with Gasteiger partial charge in [0.05, 0.1) is 12.6 Å². The molecule has 0 saturated carbocycles. The van der Waals surface area contributed by atoms with Crippen molar-refractivity contribution in [3.8, 4) is 0 Å². The quantitative estimate of drug-likeness (QED) is 0.491. The summed E-state index contributed by atoms with van der Waals surface area (Å²) in [4.78, 5) is 13.1. The molecule has 1 N–H and O–H groups in total. The van der Waals surface area contributed by atoms with Gasteiger partial charge in [-0.25, -0.2) is 9.97 Å². The van der Waals surface area contributed by atoms with Crippen molar-refractivity contribution >= 4 is 51.0 Å². The number of halogens is 2. The molecule has 0 aliphatic carbocycles. The lowest BCUT2D eigenvalue weighted by Crippen LogP contribution is -2.49. The lowest BCUT2D eigenvalue weighted by Gasteiger charge is -2.35. The van der Waals surface area contributed by atoms with Gasteiger partial charge in [-0.1, -0.05) is 23.2 Å². The molecule has 4 aromatic rings. The van der Waals surface area contributed by atoms with Gasteiger partial charge in [0.2, 0.25) is 5.95 Å². The van der Waals surface area contributed by atoms with E-state index in [9.17, 15) is 5.11 Å². The van der Waals surface area contributed by atoms with E-state index in [-0.39, 0.29) is 0 Å². The van der Waals surface area contributed by atoms with Crippen molar-refractivity contribution in [3.63, 3.8) is 0 Å². The fourth-order valence-corrected chi connectivity index (χ4v) is 4.74. The molecule has 1 aliphatic rings. The molecule has 1 atom stereocenters. The third-order valence-electron chi connectivity index (χ3n) is 5.86. The molecule has 1 unspecified atom stereocenters. The highest BCUT2D eigenvalue weighted by Gasteiger charge is 2.22. The standard InChI is InChI=1S/C23H23Cl2N5O/c24-16-2-4-21-19(12-16)20-13-17(25)3-5-22(20)30(21)15-18(31)14-28-8-10-29(11-9-28)23-26-6-1-7-27-23/h1-7,12-13,18,31H,8-11,14-15H2. The summed E-state index contributed by atoms with van der Waals surface area (Å²) in [6.07, 6.45) is 3.04. The molecular weight excluding hydrogens is 433 g/mol. The van der Waals surface area contributed by atoms with E-state index in [0.717, 1.165) is 53.9 Å². The van der Waals surface area contributed by atoms with Gasteiger partial charge in [0.15, 0.2) is 0 Å². The summed E-state index contributed by atoms with van der Waals surface area (Å²) in [6.45, 7) is 4.56. The lowest BCUT2D eigenvalue weighted by molar-refractivity contribution is 0.0967. The van der Waals surface area contributed by atoms with Crippen molar-refractivity contribution < 1.29 is 5.11 Å². The van der Waals surface area contributed by atoms with E-state index in [1.165, 1.54) is 0 Å². The van der Waals surface area contributed by atoms with Crippen LogP contribution in [-0.4, -0.2) is 63.4 Å². The number of rotatable bonds is 5. The van der Waals surface area contributed by atoms with Crippen LogP contribution in [0.25, 0.3) is 21.8 Å². The van der Waals surface area contributed by atoms with Crippen molar-refractivity contribution in [1.29, 1.82) is 0 Å². The Morgan fingerprint density at radius 3 is 2.00 bits per heavy atom. The summed E-state index contributed by atoms with van der Waals surface area (Å²) in [5.74, 6) is 0.769. The third-order valence-corrected chi connectivity index (χ3v) is 6.33. The molecule has 0 amide bonds. The van der Waals surface area contributed by atoms with Gasteiger partial charge in [-0.15, -0.1) is 0 Å². The number of aromatic nitrogens is 3. The number of hydrogen-bond donors (Lipinski definition) is 1. The first-order valence-electron chi connectivity index (χ1n) is 10.4. The minimum absolute atomic E-state index is 0.496. The highest BCUT2D eigenvalue weighted by Crippen LogP contribution is 2.33. The van der Waals surface area contributed by atoms with Crippen molar-refractivity contribution in [2.75, 3.05) is 37.6 Å². The minimum atomic E-state index is -0.496. The van der Waals surface area contributed by atoms with E-state index in [0.29, 0.717) is 23.1 Å². The molecule has 31 heavy (non-hydrogen) atoms. The molecule has 1 fully saturated rings. The first kappa shape index (κ1) is 20.5. The number of piperazine rings is 1. The van der Waals surface area contributed by atoms with Crippen LogP contribution in [0, 0.1) is 0 Å². The van der Waals surface area contributed by atoms with Crippen molar-refractivity contribution in [2.45, 2.75) is 12.6 Å². The Kier molecular flexibility index (Phi) is 5.71. The zero-order valence-electron chi connectivity index (χ0n) is 17.0. The molecule has 3 heterocycles. The molecule has 0 radical (unpaired) electrons. The largest absolute Gasteiger partial charge is 0.390 e. The fourth-order valence-electron chi connectivity index (χ4n) is 4.40. The van der Waals surface area contributed by atoms with Crippen LogP contribution < -0.4 is 4.90 Å².